The molecule has 0 aliphatic heterocycles. The van der Waals surface area contributed by atoms with Crippen LogP contribution in [0.4, 0.5) is 0 Å². The minimum Gasteiger partial charge on any atom is -0.212 e. The maximum Gasteiger partial charge on any atom is 0.236 e. The van der Waals surface area contributed by atoms with Crippen LogP contribution < -0.4 is 0 Å². The molecule has 0 atom stereocenters. The SMILES string of the molecule is Cc1ccc(CS(=O)(=O)Cl)c(C)c1Cl. The van der Waals surface area contributed by atoms with Crippen LogP contribution in [0.2, 0.25) is 5.02 Å². The van der Waals surface area contributed by atoms with E-state index in [0.717, 1.165) is 11.1 Å². The third-order valence-corrected chi connectivity index (χ3v) is 3.58. The highest BCUT2D eigenvalue weighted by molar-refractivity contribution is 8.13. The van der Waals surface area contributed by atoms with Crippen LogP contribution >= 0.6 is 22.3 Å². The van der Waals surface area contributed by atoms with Crippen molar-refractivity contribution in [2.24, 2.45) is 0 Å². The topological polar surface area (TPSA) is 34.1 Å². The van der Waals surface area contributed by atoms with Crippen molar-refractivity contribution in [3.05, 3.63) is 33.8 Å². The Bertz CT molecular complexity index is 452. The summed E-state index contributed by atoms with van der Waals surface area (Å²) in [6.07, 6.45) is 0. The van der Waals surface area contributed by atoms with Crippen LogP contribution in [0.1, 0.15) is 16.7 Å². The summed E-state index contributed by atoms with van der Waals surface area (Å²) in [4.78, 5) is 0. The summed E-state index contributed by atoms with van der Waals surface area (Å²) in [7, 11) is 1.65. The highest BCUT2D eigenvalue weighted by Gasteiger charge is 2.12. The van der Waals surface area contributed by atoms with Crippen molar-refractivity contribution in [3.8, 4) is 0 Å². The van der Waals surface area contributed by atoms with Gasteiger partial charge >= 0.3 is 0 Å². The molecule has 0 N–H and O–H groups in total. The van der Waals surface area contributed by atoms with Gasteiger partial charge in [-0.3, -0.25) is 0 Å². The molecule has 0 heterocycles. The first-order valence-corrected chi connectivity index (χ1v) is 6.84. The molecule has 1 aromatic rings. The number of hydrogen-bond donors (Lipinski definition) is 0. The Hall–Kier alpha value is -0.250. The van der Waals surface area contributed by atoms with E-state index in [1.807, 2.05) is 6.92 Å². The molecule has 1 rings (SSSR count). The molecule has 2 nitrogen and oxygen atoms in total. The van der Waals surface area contributed by atoms with Gasteiger partial charge in [-0.25, -0.2) is 8.42 Å². The molecule has 0 bridgehead atoms. The Labute approximate surface area is 93.3 Å². The largest absolute Gasteiger partial charge is 0.236 e. The van der Waals surface area contributed by atoms with Crippen molar-refractivity contribution in [1.82, 2.24) is 0 Å². The average molecular weight is 253 g/mol. The van der Waals surface area contributed by atoms with E-state index in [1.54, 1.807) is 19.1 Å². The van der Waals surface area contributed by atoms with Crippen LogP contribution in [0.15, 0.2) is 12.1 Å². The van der Waals surface area contributed by atoms with Gasteiger partial charge in [-0.1, -0.05) is 23.7 Å². The van der Waals surface area contributed by atoms with Gasteiger partial charge < -0.3 is 0 Å². The van der Waals surface area contributed by atoms with Crippen molar-refractivity contribution >= 4 is 31.3 Å². The quantitative estimate of drug-likeness (QED) is 0.759. The molecule has 0 aliphatic rings. The molecule has 0 amide bonds. The van der Waals surface area contributed by atoms with Gasteiger partial charge in [0.2, 0.25) is 9.05 Å². The third-order valence-electron chi connectivity index (χ3n) is 2.02. The lowest BCUT2D eigenvalue weighted by Crippen LogP contribution is -1.98. The molecule has 0 saturated heterocycles. The van der Waals surface area contributed by atoms with Gasteiger partial charge in [0.05, 0.1) is 5.75 Å². The maximum absolute atomic E-state index is 10.9. The molecule has 0 radical (unpaired) electrons. The Balaban J connectivity index is 3.19. The van der Waals surface area contributed by atoms with Gasteiger partial charge in [-0.2, -0.15) is 0 Å². The Kier molecular flexibility index (Phi) is 3.45. The summed E-state index contributed by atoms with van der Waals surface area (Å²) in [5.41, 5.74) is 2.35. The van der Waals surface area contributed by atoms with E-state index >= 15 is 0 Å². The highest BCUT2D eigenvalue weighted by atomic mass is 35.7. The molecule has 0 aromatic heterocycles. The van der Waals surface area contributed by atoms with Crippen molar-refractivity contribution in [1.29, 1.82) is 0 Å². The van der Waals surface area contributed by atoms with Crippen LogP contribution in [-0.2, 0) is 14.8 Å². The molecule has 0 spiro atoms. The molecule has 0 unspecified atom stereocenters. The number of benzene rings is 1. The minimum absolute atomic E-state index is 0.180. The zero-order valence-corrected chi connectivity index (χ0v) is 10.2. The Morgan fingerprint density at radius 3 is 2.36 bits per heavy atom. The van der Waals surface area contributed by atoms with Gasteiger partial charge in [0.25, 0.3) is 0 Å². The van der Waals surface area contributed by atoms with E-state index in [2.05, 4.69) is 0 Å². The second-order valence-corrected chi connectivity index (χ2v) is 6.32. The molecular weight excluding hydrogens is 243 g/mol. The van der Waals surface area contributed by atoms with E-state index in [-0.39, 0.29) is 5.75 Å². The van der Waals surface area contributed by atoms with Crippen molar-refractivity contribution < 1.29 is 8.42 Å². The van der Waals surface area contributed by atoms with Gasteiger partial charge in [0, 0.05) is 15.7 Å². The Morgan fingerprint density at radius 2 is 1.86 bits per heavy atom. The first-order chi connectivity index (χ1) is 6.31. The molecular formula is C9H10Cl2O2S. The average Bonchev–Trinajstić information content (AvgIpc) is 2.04. The summed E-state index contributed by atoms with van der Waals surface area (Å²) in [6, 6.07) is 3.52. The number of rotatable bonds is 2. The standard InChI is InChI=1S/C9H10Cl2O2S/c1-6-3-4-8(5-14(11,12)13)7(2)9(6)10/h3-4H,5H2,1-2H3. The van der Waals surface area contributed by atoms with Gasteiger partial charge in [-0.05, 0) is 30.5 Å². The molecule has 0 aliphatic carbocycles. The lowest BCUT2D eigenvalue weighted by molar-refractivity contribution is 0.609. The normalized spacial score (nSPS) is 11.7. The van der Waals surface area contributed by atoms with Gasteiger partial charge in [0.15, 0.2) is 0 Å². The van der Waals surface area contributed by atoms with Crippen LogP contribution in [0, 0.1) is 13.8 Å². The van der Waals surface area contributed by atoms with Crippen molar-refractivity contribution in [2.75, 3.05) is 0 Å². The summed E-state index contributed by atoms with van der Waals surface area (Å²) >= 11 is 5.97. The van der Waals surface area contributed by atoms with Crippen molar-refractivity contribution in [2.45, 2.75) is 19.6 Å². The van der Waals surface area contributed by atoms with E-state index in [4.69, 9.17) is 22.3 Å². The summed E-state index contributed by atoms with van der Waals surface area (Å²) < 4.78 is 21.7. The van der Waals surface area contributed by atoms with Crippen LogP contribution in [0.25, 0.3) is 0 Å². The second kappa shape index (κ2) is 4.09. The summed E-state index contributed by atoms with van der Waals surface area (Å²) in [5, 5.41) is 0.600. The monoisotopic (exact) mass is 252 g/mol. The fourth-order valence-electron chi connectivity index (χ4n) is 1.20. The van der Waals surface area contributed by atoms with E-state index in [9.17, 15) is 8.42 Å². The smallest absolute Gasteiger partial charge is 0.212 e. The number of hydrogen-bond acceptors (Lipinski definition) is 2. The lowest BCUT2D eigenvalue weighted by Gasteiger charge is -2.07. The predicted octanol–water partition coefficient (Wildman–Crippen LogP) is 3.03. The fraction of sp³-hybridized carbons (Fsp3) is 0.333. The first-order valence-electron chi connectivity index (χ1n) is 3.98. The van der Waals surface area contributed by atoms with Crippen LogP contribution in [-0.4, -0.2) is 8.42 Å². The van der Waals surface area contributed by atoms with Gasteiger partial charge in [-0.15, -0.1) is 0 Å². The molecule has 1 aromatic carbocycles. The fourth-order valence-corrected chi connectivity index (χ4v) is 2.42. The highest BCUT2D eigenvalue weighted by Crippen LogP contribution is 2.25. The van der Waals surface area contributed by atoms with Crippen molar-refractivity contribution in [3.63, 3.8) is 0 Å². The van der Waals surface area contributed by atoms with Crippen LogP contribution in [0.5, 0.6) is 0 Å². The summed E-state index contributed by atoms with van der Waals surface area (Å²) in [6.45, 7) is 3.65. The predicted molar refractivity (Wildman–Crippen MR) is 59.4 cm³/mol. The third kappa shape index (κ3) is 2.87. The zero-order chi connectivity index (χ0) is 10.9. The lowest BCUT2D eigenvalue weighted by atomic mass is 10.1. The van der Waals surface area contributed by atoms with Gasteiger partial charge in [0.1, 0.15) is 0 Å². The van der Waals surface area contributed by atoms with Crippen LogP contribution in [0.3, 0.4) is 0 Å². The molecule has 0 saturated carbocycles. The molecule has 78 valence electrons. The molecule has 0 fully saturated rings. The van der Waals surface area contributed by atoms with E-state index < -0.39 is 9.05 Å². The van der Waals surface area contributed by atoms with E-state index in [1.165, 1.54) is 0 Å². The maximum atomic E-state index is 10.9. The minimum atomic E-state index is -3.52. The second-order valence-electron chi connectivity index (χ2n) is 3.16. The molecule has 5 heteroatoms. The number of halogens is 2. The Morgan fingerprint density at radius 1 is 1.29 bits per heavy atom. The summed E-state index contributed by atoms with van der Waals surface area (Å²) in [5.74, 6) is -0.180. The zero-order valence-electron chi connectivity index (χ0n) is 7.84. The number of aryl methyl sites for hydroxylation is 1. The first kappa shape index (κ1) is 11.8. The van der Waals surface area contributed by atoms with E-state index in [0.29, 0.717) is 10.6 Å². The molecule has 14 heavy (non-hydrogen) atoms.